The number of hydrogen-bond donors (Lipinski definition) is 2. The van der Waals surface area contributed by atoms with E-state index in [4.69, 9.17) is 4.74 Å². The lowest BCUT2D eigenvalue weighted by atomic mass is 9.90. The van der Waals surface area contributed by atoms with Crippen molar-refractivity contribution in [3.63, 3.8) is 0 Å². The second-order valence-electron chi connectivity index (χ2n) is 5.10. The number of carbonyl (C=O) groups excluding carboxylic acids is 1. The first-order valence-corrected chi connectivity index (χ1v) is 7.77. The molecule has 21 heavy (non-hydrogen) atoms. The van der Waals surface area contributed by atoms with Gasteiger partial charge < -0.3 is 15.0 Å². The Bertz CT molecular complexity index is 578. The summed E-state index contributed by atoms with van der Waals surface area (Å²) < 4.78 is 5.09. The molecule has 2 N–H and O–H groups in total. The van der Waals surface area contributed by atoms with Gasteiger partial charge >= 0.3 is 5.97 Å². The third-order valence-electron chi connectivity index (χ3n) is 3.12. The predicted molar refractivity (Wildman–Crippen MR) is 82.6 cm³/mol. The van der Waals surface area contributed by atoms with E-state index in [9.17, 15) is 4.79 Å². The van der Waals surface area contributed by atoms with Crippen LogP contribution in [0.2, 0.25) is 0 Å². The van der Waals surface area contributed by atoms with E-state index in [1.165, 1.54) is 11.3 Å². The van der Waals surface area contributed by atoms with Crippen molar-refractivity contribution in [3.8, 4) is 0 Å². The number of aromatic amines is 1. The number of aromatic nitrogens is 3. The molecule has 0 saturated heterocycles. The quantitative estimate of drug-likeness (QED) is 0.768. The number of carbonyl (C=O) groups is 1. The number of rotatable bonds is 7. The van der Waals surface area contributed by atoms with Crippen LogP contribution in [0.3, 0.4) is 0 Å². The molecule has 0 radical (unpaired) electrons. The summed E-state index contributed by atoms with van der Waals surface area (Å²) in [5.74, 6) is 0.684. The average molecular weight is 308 g/mol. The number of hydrogen-bond acceptors (Lipinski definition) is 6. The first-order valence-electron chi connectivity index (χ1n) is 6.89. The second-order valence-corrected chi connectivity index (χ2v) is 5.95. The number of ether oxygens (including phenoxy) is 1. The fraction of sp³-hybridized carbons (Fsp3) is 0.500. The molecule has 2 rings (SSSR count). The number of anilines is 1. The van der Waals surface area contributed by atoms with Crippen LogP contribution in [0.4, 0.5) is 5.13 Å². The van der Waals surface area contributed by atoms with E-state index >= 15 is 0 Å². The molecule has 0 spiro atoms. The van der Waals surface area contributed by atoms with Gasteiger partial charge in [0.15, 0.2) is 5.13 Å². The predicted octanol–water partition coefficient (Wildman–Crippen LogP) is 2.36. The number of H-pyrrole nitrogens is 1. The number of nitrogens with zero attached hydrogens (tertiary/aromatic N) is 2. The Morgan fingerprint density at radius 3 is 3.00 bits per heavy atom. The molecule has 0 aliphatic heterocycles. The molecule has 0 aliphatic rings. The van der Waals surface area contributed by atoms with Crippen LogP contribution in [0.25, 0.3) is 0 Å². The fourth-order valence-electron chi connectivity index (χ4n) is 1.78. The van der Waals surface area contributed by atoms with Crippen molar-refractivity contribution in [3.05, 3.63) is 29.3 Å². The van der Waals surface area contributed by atoms with Crippen molar-refractivity contribution in [1.29, 1.82) is 0 Å². The largest absolute Gasteiger partial charge is 0.465 e. The van der Waals surface area contributed by atoms with Crippen molar-refractivity contribution in [2.24, 2.45) is 0 Å². The van der Waals surface area contributed by atoms with Crippen molar-refractivity contribution in [1.82, 2.24) is 15.0 Å². The standard InChI is InChI=1S/C14H20N4O2S/c1-4-20-12(19)14(2,3)10-9-21-13(18-10)17-6-5-11-15-7-8-16-11/h7-9H,4-6H2,1-3H3,(H,15,16)(H,17,18). The molecule has 2 aromatic heterocycles. The highest BCUT2D eigenvalue weighted by Crippen LogP contribution is 2.28. The molecule has 7 heteroatoms. The summed E-state index contributed by atoms with van der Waals surface area (Å²) >= 11 is 1.49. The third-order valence-corrected chi connectivity index (χ3v) is 3.92. The highest BCUT2D eigenvalue weighted by molar-refractivity contribution is 7.13. The van der Waals surface area contributed by atoms with Gasteiger partial charge in [0.1, 0.15) is 11.2 Å². The minimum absolute atomic E-state index is 0.252. The van der Waals surface area contributed by atoms with Crippen LogP contribution >= 0.6 is 11.3 Å². The maximum absolute atomic E-state index is 12.0. The molecule has 114 valence electrons. The van der Waals surface area contributed by atoms with Crippen molar-refractivity contribution < 1.29 is 9.53 Å². The Morgan fingerprint density at radius 1 is 1.52 bits per heavy atom. The smallest absolute Gasteiger partial charge is 0.317 e. The first-order chi connectivity index (χ1) is 10.0. The van der Waals surface area contributed by atoms with E-state index in [1.807, 2.05) is 19.2 Å². The van der Waals surface area contributed by atoms with Crippen molar-refractivity contribution in [2.45, 2.75) is 32.6 Å². The highest BCUT2D eigenvalue weighted by Gasteiger charge is 2.33. The van der Waals surface area contributed by atoms with E-state index in [1.54, 1.807) is 19.3 Å². The molecule has 0 aliphatic carbocycles. The van der Waals surface area contributed by atoms with Gasteiger partial charge in [0.2, 0.25) is 0 Å². The lowest BCUT2D eigenvalue weighted by Gasteiger charge is -2.19. The molecule has 2 aromatic rings. The zero-order valence-electron chi connectivity index (χ0n) is 12.5. The summed E-state index contributed by atoms with van der Waals surface area (Å²) in [6, 6.07) is 0. The van der Waals surface area contributed by atoms with Gasteiger partial charge in [-0.1, -0.05) is 0 Å². The Morgan fingerprint density at radius 2 is 2.33 bits per heavy atom. The third kappa shape index (κ3) is 3.81. The number of nitrogens with one attached hydrogen (secondary N) is 2. The normalized spacial score (nSPS) is 11.4. The molecule has 0 fully saturated rings. The summed E-state index contributed by atoms with van der Waals surface area (Å²) in [4.78, 5) is 23.6. The summed E-state index contributed by atoms with van der Waals surface area (Å²) in [6.45, 7) is 6.57. The van der Waals surface area contributed by atoms with E-state index in [0.29, 0.717) is 6.61 Å². The summed E-state index contributed by atoms with van der Waals surface area (Å²) in [6.07, 6.45) is 4.33. The lowest BCUT2D eigenvalue weighted by molar-refractivity contribution is -0.148. The second kappa shape index (κ2) is 6.71. The Kier molecular flexibility index (Phi) is 4.95. The van der Waals surface area contributed by atoms with Crippen LogP contribution in [0.5, 0.6) is 0 Å². The molecular formula is C14H20N4O2S. The van der Waals surface area contributed by atoms with Gasteiger partial charge in [0.05, 0.1) is 12.3 Å². The van der Waals surface area contributed by atoms with E-state index in [0.717, 1.165) is 29.6 Å². The topological polar surface area (TPSA) is 79.9 Å². The molecule has 2 heterocycles. The zero-order valence-corrected chi connectivity index (χ0v) is 13.3. The molecule has 0 saturated carbocycles. The maximum Gasteiger partial charge on any atom is 0.317 e. The van der Waals surface area contributed by atoms with Crippen molar-refractivity contribution in [2.75, 3.05) is 18.5 Å². The summed E-state index contributed by atoms with van der Waals surface area (Å²) in [5.41, 5.74) is -0.000526. The lowest BCUT2D eigenvalue weighted by Crippen LogP contribution is -2.31. The van der Waals surface area contributed by atoms with Gasteiger partial charge in [-0.3, -0.25) is 4.79 Å². The fourth-order valence-corrected chi connectivity index (χ4v) is 2.69. The van der Waals surface area contributed by atoms with Crippen LogP contribution in [0.1, 0.15) is 32.3 Å². The summed E-state index contributed by atoms with van der Waals surface area (Å²) in [7, 11) is 0. The van der Waals surface area contributed by atoms with Gasteiger partial charge in [0.25, 0.3) is 0 Å². The molecule has 0 unspecified atom stereocenters. The zero-order chi connectivity index (χ0) is 15.3. The van der Waals surface area contributed by atoms with Gasteiger partial charge in [-0.15, -0.1) is 11.3 Å². The van der Waals surface area contributed by atoms with E-state index in [2.05, 4.69) is 20.3 Å². The highest BCUT2D eigenvalue weighted by atomic mass is 32.1. The van der Waals surface area contributed by atoms with Crippen molar-refractivity contribution >= 4 is 22.4 Å². The monoisotopic (exact) mass is 308 g/mol. The Labute approximate surface area is 128 Å². The number of esters is 1. The molecular weight excluding hydrogens is 288 g/mol. The van der Waals surface area contributed by atoms with Gasteiger partial charge in [-0.2, -0.15) is 0 Å². The summed E-state index contributed by atoms with van der Waals surface area (Å²) in [5, 5.41) is 5.94. The Balaban J connectivity index is 1.92. The maximum atomic E-state index is 12.0. The van der Waals surface area contributed by atoms with Crippen LogP contribution < -0.4 is 5.32 Å². The van der Waals surface area contributed by atoms with Crippen LogP contribution in [-0.2, 0) is 21.4 Å². The molecule has 0 amide bonds. The van der Waals surface area contributed by atoms with Crippen LogP contribution in [0.15, 0.2) is 17.8 Å². The molecule has 0 aromatic carbocycles. The van der Waals surface area contributed by atoms with Gasteiger partial charge in [-0.05, 0) is 20.8 Å². The van der Waals surface area contributed by atoms with Gasteiger partial charge in [-0.25, -0.2) is 9.97 Å². The minimum atomic E-state index is -0.729. The average Bonchev–Trinajstić information content (AvgIpc) is 3.10. The van der Waals surface area contributed by atoms with Crippen LogP contribution in [-0.4, -0.2) is 34.1 Å². The van der Waals surface area contributed by atoms with Crippen LogP contribution in [0, 0.1) is 0 Å². The number of imidazole rings is 1. The Hall–Kier alpha value is -1.89. The van der Waals surface area contributed by atoms with E-state index in [-0.39, 0.29) is 5.97 Å². The number of thiazole rings is 1. The SMILES string of the molecule is CCOC(=O)C(C)(C)c1csc(NCCc2ncc[nH]2)n1. The van der Waals surface area contributed by atoms with E-state index < -0.39 is 5.41 Å². The minimum Gasteiger partial charge on any atom is -0.465 e. The molecule has 0 bridgehead atoms. The molecule has 6 nitrogen and oxygen atoms in total. The first kappa shape index (κ1) is 15.5. The van der Waals surface area contributed by atoms with Gasteiger partial charge in [0, 0.05) is 30.7 Å². The molecule has 0 atom stereocenters.